The molecule has 0 saturated heterocycles. The molecular formula is C14H16Cl2N2O3. The molecule has 21 heavy (non-hydrogen) atoms. The topological polar surface area (TPSA) is 52.1 Å². The van der Waals surface area contributed by atoms with Gasteiger partial charge in [0.15, 0.2) is 5.75 Å². The van der Waals surface area contributed by atoms with Gasteiger partial charge in [0.2, 0.25) is 0 Å². The van der Waals surface area contributed by atoms with Gasteiger partial charge in [0.25, 0.3) is 0 Å². The van der Waals surface area contributed by atoms with Gasteiger partial charge in [-0.2, -0.15) is 0 Å². The molecule has 0 atom stereocenters. The predicted octanol–water partition coefficient (Wildman–Crippen LogP) is 3.22. The van der Waals surface area contributed by atoms with Crippen molar-refractivity contribution < 1.29 is 14.3 Å². The Morgan fingerprint density at radius 2 is 2.05 bits per heavy atom. The van der Waals surface area contributed by atoms with Gasteiger partial charge < -0.3 is 9.47 Å². The van der Waals surface area contributed by atoms with Crippen LogP contribution in [-0.2, 0) is 9.57 Å². The summed E-state index contributed by atoms with van der Waals surface area (Å²) < 4.78 is 10.3. The molecule has 5 nitrogen and oxygen atoms in total. The molecule has 0 aliphatic rings. The molecule has 114 valence electrons. The van der Waals surface area contributed by atoms with E-state index in [4.69, 9.17) is 43.9 Å². The highest BCUT2D eigenvalue weighted by Gasteiger charge is 2.08. The van der Waals surface area contributed by atoms with Crippen LogP contribution >= 0.6 is 23.2 Å². The first-order valence-corrected chi connectivity index (χ1v) is 6.97. The van der Waals surface area contributed by atoms with Crippen molar-refractivity contribution in [3.63, 3.8) is 0 Å². The van der Waals surface area contributed by atoms with Gasteiger partial charge in [0.1, 0.15) is 12.9 Å². The molecule has 0 radical (unpaired) electrons. The zero-order valence-corrected chi connectivity index (χ0v) is 13.1. The lowest BCUT2D eigenvalue weighted by Crippen LogP contribution is -2.15. The van der Waals surface area contributed by atoms with E-state index in [0.717, 1.165) is 0 Å². The summed E-state index contributed by atoms with van der Waals surface area (Å²) in [5, 5.41) is 0.671. The van der Waals surface area contributed by atoms with Gasteiger partial charge in [0, 0.05) is 6.61 Å². The second-order valence-electron chi connectivity index (χ2n) is 3.65. The molecule has 0 unspecified atom stereocenters. The Kier molecular flexibility index (Phi) is 8.63. The molecular weight excluding hydrogens is 315 g/mol. The molecule has 0 fully saturated rings. The van der Waals surface area contributed by atoms with Gasteiger partial charge in [-0.05, 0) is 19.1 Å². The average Bonchev–Trinajstić information content (AvgIpc) is 2.45. The van der Waals surface area contributed by atoms with Crippen LogP contribution in [0.15, 0.2) is 17.1 Å². The number of hydrogen-bond acceptors (Lipinski definition) is 4. The zero-order chi connectivity index (χ0) is 15.5. The molecule has 1 rings (SSSR count). The number of hydrogen-bond donors (Lipinski definition) is 1. The lowest BCUT2D eigenvalue weighted by Gasteiger charge is -2.08. The maximum atomic E-state index is 6.05. The third-order valence-corrected chi connectivity index (χ3v) is 2.73. The van der Waals surface area contributed by atoms with E-state index in [-0.39, 0.29) is 6.61 Å². The molecule has 0 amide bonds. The highest BCUT2D eigenvalue weighted by Crippen LogP contribution is 2.36. The van der Waals surface area contributed by atoms with Crippen molar-refractivity contribution >= 4 is 35.2 Å². The van der Waals surface area contributed by atoms with Gasteiger partial charge in [-0.15, -0.1) is 6.42 Å². The first-order chi connectivity index (χ1) is 10.2. The number of rotatable bonds is 9. The molecule has 1 N–H and O–H groups in total. The number of nitrogens with zero attached hydrogens (tertiary/aromatic N) is 1. The number of aliphatic imine (C=N–C) groups is 1. The average molecular weight is 331 g/mol. The van der Waals surface area contributed by atoms with Crippen molar-refractivity contribution in [2.24, 2.45) is 4.99 Å². The van der Waals surface area contributed by atoms with Gasteiger partial charge in [-0.3, -0.25) is 10.3 Å². The fourth-order valence-corrected chi connectivity index (χ4v) is 1.90. The highest BCUT2D eigenvalue weighted by molar-refractivity contribution is 6.37. The summed E-state index contributed by atoms with van der Waals surface area (Å²) in [4.78, 5) is 9.16. The summed E-state index contributed by atoms with van der Waals surface area (Å²) in [6.07, 6.45) is 6.50. The first kappa shape index (κ1) is 17.6. The molecule has 1 aromatic carbocycles. The number of nitrogens with one attached hydrogen (secondary N) is 1. The molecule has 0 spiro atoms. The largest absolute Gasteiger partial charge is 0.478 e. The van der Waals surface area contributed by atoms with Crippen LogP contribution in [0.1, 0.15) is 6.92 Å². The van der Waals surface area contributed by atoms with Gasteiger partial charge in [-0.1, -0.05) is 29.1 Å². The third kappa shape index (κ3) is 6.69. The van der Waals surface area contributed by atoms with Crippen molar-refractivity contribution in [3.05, 3.63) is 22.2 Å². The number of terminal acetylenes is 1. The third-order valence-electron chi connectivity index (χ3n) is 2.17. The van der Waals surface area contributed by atoms with Crippen molar-refractivity contribution in [1.82, 2.24) is 5.48 Å². The Bertz CT molecular complexity index is 492. The van der Waals surface area contributed by atoms with Crippen LogP contribution in [0.2, 0.25) is 10.0 Å². The lowest BCUT2D eigenvalue weighted by molar-refractivity contribution is 0.0271. The van der Waals surface area contributed by atoms with E-state index < -0.39 is 0 Å². The zero-order valence-electron chi connectivity index (χ0n) is 11.6. The second-order valence-corrected chi connectivity index (χ2v) is 4.47. The number of hydroxylamine groups is 1. The van der Waals surface area contributed by atoms with Crippen molar-refractivity contribution in [3.8, 4) is 18.1 Å². The minimum Gasteiger partial charge on any atom is -0.478 e. The maximum absolute atomic E-state index is 6.05. The normalized spacial score (nSPS) is 10.6. The maximum Gasteiger partial charge on any atom is 0.158 e. The van der Waals surface area contributed by atoms with Crippen LogP contribution < -0.4 is 10.2 Å². The second kappa shape index (κ2) is 10.3. The van der Waals surface area contributed by atoms with E-state index in [1.807, 2.05) is 6.92 Å². The Balaban J connectivity index is 2.51. The summed E-state index contributed by atoms with van der Waals surface area (Å²) in [7, 11) is 0. The molecule has 0 saturated carbocycles. The summed E-state index contributed by atoms with van der Waals surface area (Å²) >= 11 is 12.1. The monoisotopic (exact) mass is 330 g/mol. The summed E-state index contributed by atoms with van der Waals surface area (Å²) in [6.45, 7) is 3.59. The Morgan fingerprint density at radius 1 is 1.33 bits per heavy atom. The van der Waals surface area contributed by atoms with Crippen LogP contribution in [-0.4, -0.2) is 32.8 Å². The molecule has 1 aromatic rings. The van der Waals surface area contributed by atoms with Crippen molar-refractivity contribution in [1.29, 1.82) is 0 Å². The fourth-order valence-electron chi connectivity index (χ4n) is 1.31. The molecule has 0 aliphatic heterocycles. The fraction of sp³-hybridized carbons (Fsp3) is 0.357. The number of benzene rings is 1. The standard InChI is InChI=1S/C14H16Cl2N2O3/c1-3-5-20-14-12(15)8-11(9-13(14)16)17-10-18-21-7-6-19-4-2/h1,8-10H,4-7H2,2H3,(H,17,18). The number of halogens is 2. The smallest absolute Gasteiger partial charge is 0.158 e. The molecule has 0 aliphatic carbocycles. The summed E-state index contributed by atoms with van der Waals surface area (Å²) in [5.74, 6) is 2.69. The Hall–Kier alpha value is -1.45. The van der Waals surface area contributed by atoms with Gasteiger partial charge in [0.05, 0.1) is 28.9 Å². The molecule has 0 bridgehead atoms. The number of ether oxygens (including phenoxy) is 2. The minimum absolute atomic E-state index is 0.0945. The van der Waals surface area contributed by atoms with Crippen LogP contribution in [0.25, 0.3) is 0 Å². The van der Waals surface area contributed by atoms with E-state index >= 15 is 0 Å². The van der Waals surface area contributed by atoms with Crippen molar-refractivity contribution in [2.75, 3.05) is 26.4 Å². The first-order valence-electron chi connectivity index (χ1n) is 6.22. The minimum atomic E-state index is 0.0945. The van der Waals surface area contributed by atoms with E-state index in [0.29, 0.717) is 41.3 Å². The lowest BCUT2D eigenvalue weighted by atomic mass is 10.3. The summed E-state index contributed by atoms with van der Waals surface area (Å²) in [5.41, 5.74) is 3.12. The highest BCUT2D eigenvalue weighted by atomic mass is 35.5. The van der Waals surface area contributed by atoms with Crippen LogP contribution in [0, 0.1) is 12.3 Å². The molecule has 0 aromatic heterocycles. The van der Waals surface area contributed by atoms with E-state index in [1.54, 1.807) is 12.1 Å². The SMILES string of the molecule is C#CCOc1c(Cl)cc(N=CNOCCOCC)cc1Cl. The van der Waals surface area contributed by atoms with Crippen LogP contribution in [0.5, 0.6) is 5.75 Å². The van der Waals surface area contributed by atoms with Gasteiger partial charge in [-0.25, -0.2) is 4.99 Å². The van der Waals surface area contributed by atoms with E-state index in [9.17, 15) is 0 Å². The van der Waals surface area contributed by atoms with Gasteiger partial charge >= 0.3 is 0 Å². The molecule has 7 heteroatoms. The quantitative estimate of drug-likeness (QED) is 0.248. The van der Waals surface area contributed by atoms with E-state index in [1.165, 1.54) is 6.34 Å². The molecule has 0 heterocycles. The van der Waals surface area contributed by atoms with Crippen LogP contribution in [0.4, 0.5) is 5.69 Å². The van der Waals surface area contributed by atoms with Crippen molar-refractivity contribution in [2.45, 2.75) is 6.92 Å². The van der Waals surface area contributed by atoms with Crippen LogP contribution in [0.3, 0.4) is 0 Å². The Labute approximate surface area is 134 Å². The Morgan fingerprint density at radius 3 is 2.67 bits per heavy atom. The van der Waals surface area contributed by atoms with E-state index in [2.05, 4.69) is 16.4 Å². The predicted molar refractivity (Wildman–Crippen MR) is 84.5 cm³/mol. The summed E-state index contributed by atoms with van der Waals surface area (Å²) in [6, 6.07) is 3.22.